The van der Waals surface area contributed by atoms with Crippen LogP contribution in [0.25, 0.3) is 5.76 Å². The molecule has 1 aromatic carbocycles. The second kappa shape index (κ2) is 9.41. The average Bonchev–Trinajstić information content (AvgIpc) is 2.80. The number of hydrogen-bond acceptors (Lipinski definition) is 8. The number of likely N-dealkylation sites (tertiary alicyclic amines) is 1. The molecule has 9 nitrogen and oxygen atoms in total. The molecule has 1 aromatic rings. The zero-order chi connectivity index (χ0) is 26.8. The van der Waals surface area contributed by atoms with E-state index in [1.807, 2.05) is 4.90 Å². The second-order valence-corrected chi connectivity index (χ2v) is 11.0. The van der Waals surface area contributed by atoms with E-state index in [-0.39, 0.29) is 34.0 Å². The first-order chi connectivity index (χ1) is 17.5. The smallest absolute Gasteiger partial charge is 0.250 e. The summed E-state index contributed by atoms with van der Waals surface area (Å²) < 4.78 is 14.0. The average molecular weight is 516 g/mol. The second-order valence-electron chi connectivity index (χ2n) is 11.0. The van der Waals surface area contributed by atoms with Gasteiger partial charge in [-0.15, -0.1) is 0 Å². The molecule has 37 heavy (non-hydrogen) atoms. The number of amides is 1. The monoisotopic (exact) mass is 515 g/mol. The van der Waals surface area contributed by atoms with Crippen molar-refractivity contribution in [2.45, 2.75) is 50.5 Å². The molecule has 1 aliphatic heterocycles. The molecule has 5 rings (SSSR count). The van der Waals surface area contributed by atoms with E-state index >= 15 is 0 Å². The number of phenols is 1. The molecule has 0 radical (unpaired) electrons. The van der Waals surface area contributed by atoms with Crippen molar-refractivity contribution in [3.05, 3.63) is 45.7 Å². The van der Waals surface area contributed by atoms with E-state index in [0.717, 1.165) is 18.5 Å². The van der Waals surface area contributed by atoms with Gasteiger partial charge in [0.25, 0.3) is 5.91 Å². The molecular weight excluding hydrogens is 481 g/mol. The lowest BCUT2D eigenvalue weighted by Crippen LogP contribution is -2.57. The Balaban J connectivity index is 1.57. The highest BCUT2D eigenvalue weighted by Gasteiger charge is 2.55. The molecule has 5 unspecified atom stereocenters. The lowest BCUT2D eigenvalue weighted by Gasteiger charge is -2.48. The molecule has 6 atom stereocenters. The number of rotatable bonds is 4. The number of aliphatic hydroxyl groups is 3. The number of aromatic hydroxyl groups is 1. The highest BCUT2D eigenvalue weighted by atomic mass is 19.1. The number of phenolic OH excluding ortho intramolecular Hbond substituents is 1. The normalized spacial score (nSPS) is 32.3. The summed E-state index contributed by atoms with van der Waals surface area (Å²) in [5.41, 5.74) is 6.94. The maximum absolute atomic E-state index is 14.0. The quantitative estimate of drug-likeness (QED) is 0.406. The Morgan fingerprint density at radius 2 is 1.97 bits per heavy atom. The van der Waals surface area contributed by atoms with E-state index in [1.165, 1.54) is 6.07 Å². The Hall–Kier alpha value is -2.95. The first-order valence-electron chi connectivity index (χ1n) is 12.8. The number of primary amides is 1. The first-order valence-corrected chi connectivity index (χ1v) is 12.8. The number of allylic oxidation sites excluding steroid dienone is 1. The summed E-state index contributed by atoms with van der Waals surface area (Å²) in [6.45, 7) is 1.54. The zero-order valence-electron chi connectivity index (χ0n) is 21.0. The van der Waals surface area contributed by atoms with Crippen LogP contribution in [-0.2, 0) is 22.6 Å². The van der Waals surface area contributed by atoms with E-state index in [2.05, 4.69) is 0 Å². The van der Waals surface area contributed by atoms with Crippen molar-refractivity contribution in [2.75, 3.05) is 27.2 Å². The van der Waals surface area contributed by atoms with E-state index in [1.54, 1.807) is 25.1 Å². The topological polar surface area (TPSA) is 148 Å². The number of benzene rings is 1. The molecular formula is C27H34FN3O6. The summed E-state index contributed by atoms with van der Waals surface area (Å²) in [6, 6.07) is 2.54. The number of carbonyl (C=O) groups is 2. The molecule has 1 saturated carbocycles. The highest BCUT2D eigenvalue weighted by molar-refractivity contribution is 6.07. The zero-order valence-corrected chi connectivity index (χ0v) is 21.0. The van der Waals surface area contributed by atoms with Crippen molar-refractivity contribution in [1.29, 1.82) is 0 Å². The van der Waals surface area contributed by atoms with Gasteiger partial charge in [-0.25, -0.2) is 4.39 Å². The number of piperidine rings is 1. The number of likely N-dealkylation sites (N-methyl/N-ethyl adjacent to an activating group) is 1. The van der Waals surface area contributed by atoms with E-state index in [4.69, 9.17) is 5.73 Å². The van der Waals surface area contributed by atoms with Crippen LogP contribution in [0.15, 0.2) is 29.0 Å². The van der Waals surface area contributed by atoms with Crippen molar-refractivity contribution < 1.29 is 34.4 Å². The Labute approximate surface area is 214 Å². The van der Waals surface area contributed by atoms with Crippen molar-refractivity contribution in [2.24, 2.45) is 23.5 Å². The van der Waals surface area contributed by atoms with Crippen LogP contribution in [0.2, 0.25) is 0 Å². The van der Waals surface area contributed by atoms with Crippen LogP contribution in [0.5, 0.6) is 5.75 Å². The molecule has 1 saturated heterocycles. The van der Waals surface area contributed by atoms with E-state index in [0.29, 0.717) is 37.9 Å². The molecule has 4 aliphatic rings. The molecule has 10 heteroatoms. The largest absolute Gasteiger partial charge is 0.510 e. The van der Waals surface area contributed by atoms with E-state index < -0.39 is 47.8 Å². The summed E-state index contributed by atoms with van der Waals surface area (Å²) >= 11 is 0. The number of carbonyl (C=O) groups excluding carboxylic acids is 2. The van der Waals surface area contributed by atoms with Gasteiger partial charge in [-0.3, -0.25) is 19.4 Å². The first kappa shape index (κ1) is 25.7. The standard InChI is InChI=1S/C27H34FN3O6/c1-30(2)22-16-9-13-8-15-12(10-31-7-3-4-14(28)11-31)5-6-17(32)19(15)23(33)18(13)24(34)20(16)25(35)21(26(22)36)27(29)37/h5-6,13-14,16,20,22,25,32-33,35-36H,3-4,7-11H2,1-2H3,(H2,29,37)/t13?,14?,16?,20?,22-,25?/m0/s1. The summed E-state index contributed by atoms with van der Waals surface area (Å²) in [7, 11) is 3.43. The number of Topliss-reactive ketones (excluding diaryl/α,β-unsaturated/α-hetero) is 1. The molecule has 1 amide bonds. The lowest BCUT2D eigenvalue weighted by molar-refractivity contribution is -0.131. The van der Waals surface area contributed by atoms with Crippen molar-refractivity contribution in [1.82, 2.24) is 9.80 Å². The maximum Gasteiger partial charge on any atom is 0.250 e. The van der Waals surface area contributed by atoms with Crippen LogP contribution in [0.1, 0.15) is 36.0 Å². The van der Waals surface area contributed by atoms with Gasteiger partial charge in [0, 0.05) is 18.7 Å². The summed E-state index contributed by atoms with van der Waals surface area (Å²) in [6.07, 6.45) is -0.472. The Bertz CT molecular complexity index is 1210. The highest BCUT2D eigenvalue weighted by Crippen LogP contribution is 2.51. The van der Waals surface area contributed by atoms with Gasteiger partial charge in [-0.2, -0.15) is 0 Å². The molecule has 3 aliphatic carbocycles. The third-order valence-corrected chi connectivity index (χ3v) is 8.59. The molecule has 2 fully saturated rings. The third-order valence-electron chi connectivity index (χ3n) is 8.59. The number of nitrogens with zero attached hydrogens (tertiary/aromatic N) is 2. The van der Waals surface area contributed by atoms with Crippen LogP contribution in [0.4, 0.5) is 4.39 Å². The minimum Gasteiger partial charge on any atom is -0.510 e. The van der Waals surface area contributed by atoms with Gasteiger partial charge in [0.2, 0.25) is 0 Å². The van der Waals surface area contributed by atoms with Crippen molar-refractivity contribution in [3.8, 4) is 5.75 Å². The van der Waals surface area contributed by atoms with Crippen LogP contribution in [-0.4, -0.2) is 87.4 Å². The van der Waals surface area contributed by atoms with Gasteiger partial charge in [-0.1, -0.05) is 6.07 Å². The predicted octanol–water partition coefficient (Wildman–Crippen LogP) is 1.57. The number of halogens is 1. The lowest BCUT2D eigenvalue weighted by atomic mass is 9.59. The fourth-order valence-electron chi connectivity index (χ4n) is 7.05. The number of aliphatic hydroxyl groups excluding tert-OH is 3. The van der Waals surface area contributed by atoms with Crippen LogP contribution in [0, 0.1) is 17.8 Å². The van der Waals surface area contributed by atoms with Crippen molar-refractivity contribution >= 4 is 17.4 Å². The van der Waals surface area contributed by atoms with Gasteiger partial charge in [0.05, 0.1) is 29.2 Å². The predicted molar refractivity (Wildman–Crippen MR) is 133 cm³/mol. The van der Waals surface area contributed by atoms with Gasteiger partial charge in [-0.05, 0) is 75.4 Å². The van der Waals surface area contributed by atoms with Gasteiger partial charge >= 0.3 is 0 Å². The number of alkyl halides is 1. The minimum atomic E-state index is -1.61. The Morgan fingerprint density at radius 1 is 1.24 bits per heavy atom. The van der Waals surface area contributed by atoms with Gasteiger partial charge in [0.1, 0.15) is 23.4 Å². The number of nitrogens with two attached hydrogens (primary N) is 1. The fourth-order valence-corrected chi connectivity index (χ4v) is 7.05. The Kier molecular flexibility index (Phi) is 6.54. The fraction of sp³-hybridized carbons (Fsp3) is 0.556. The molecule has 1 heterocycles. The third kappa shape index (κ3) is 4.11. The summed E-state index contributed by atoms with van der Waals surface area (Å²) in [5, 5.41) is 43.9. The SMILES string of the molecule is CN(C)[C@@H]1C(O)=C(C(N)=O)C(O)C2C(=O)C3=C(O)c4c(O)ccc(CN5CCCC(F)C5)c4CC3CC21. The van der Waals surface area contributed by atoms with Crippen LogP contribution >= 0.6 is 0 Å². The van der Waals surface area contributed by atoms with Crippen LogP contribution < -0.4 is 5.73 Å². The van der Waals surface area contributed by atoms with E-state index in [9.17, 15) is 34.4 Å². The molecule has 6 N–H and O–H groups in total. The van der Waals surface area contributed by atoms with Crippen molar-refractivity contribution in [3.63, 3.8) is 0 Å². The minimum absolute atomic E-state index is 0.116. The summed E-state index contributed by atoms with van der Waals surface area (Å²) in [4.78, 5) is 29.6. The molecule has 0 aromatic heterocycles. The molecule has 200 valence electrons. The number of hydrogen-bond donors (Lipinski definition) is 5. The van der Waals surface area contributed by atoms with Gasteiger partial charge < -0.3 is 26.2 Å². The van der Waals surface area contributed by atoms with Gasteiger partial charge in [0.15, 0.2) is 5.78 Å². The summed E-state index contributed by atoms with van der Waals surface area (Å²) in [5.74, 6) is -4.39. The number of fused-ring (bicyclic) bond motifs is 3. The van der Waals surface area contributed by atoms with Crippen LogP contribution in [0.3, 0.4) is 0 Å². The molecule has 0 spiro atoms. The Morgan fingerprint density at radius 3 is 2.62 bits per heavy atom. The molecule has 0 bridgehead atoms. The maximum atomic E-state index is 14.0. The number of ketones is 1.